The molecule has 0 fully saturated rings. The molecule has 1 aromatic heterocycles. The Morgan fingerprint density at radius 3 is 2.62 bits per heavy atom. The molecule has 1 N–H and O–H groups in total. The van der Waals surface area contributed by atoms with Crippen LogP contribution in [0, 0.1) is 10.1 Å². The zero-order valence-corrected chi connectivity index (χ0v) is 12.7. The molecule has 7 heteroatoms. The number of halogens is 1. The lowest BCUT2D eigenvalue weighted by Gasteiger charge is -2.06. The number of nitrogens with zero attached hydrogens (tertiary/aromatic N) is 3. The summed E-state index contributed by atoms with van der Waals surface area (Å²) in [5.41, 5.74) is 1.68. The van der Waals surface area contributed by atoms with E-state index in [4.69, 9.17) is 11.6 Å². The van der Waals surface area contributed by atoms with Gasteiger partial charge in [0.15, 0.2) is 0 Å². The van der Waals surface area contributed by atoms with Crippen LogP contribution >= 0.6 is 11.6 Å². The molecule has 1 heterocycles. The van der Waals surface area contributed by atoms with Gasteiger partial charge in [0.05, 0.1) is 4.92 Å². The van der Waals surface area contributed by atoms with E-state index in [2.05, 4.69) is 10.4 Å². The van der Waals surface area contributed by atoms with E-state index in [-0.39, 0.29) is 10.6 Å². The number of benzene rings is 1. The monoisotopic (exact) mass is 308 g/mol. The Hall–Kier alpha value is -2.08. The average Bonchev–Trinajstić information content (AvgIpc) is 2.77. The lowest BCUT2D eigenvalue weighted by molar-refractivity contribution is -0.384. The average molecular weight is 309 g/mol. The first-order valence-electron chi connectivity index (χ1n) is 6.71. The summed E-state index contributed by atoms with van der Waals surface area (Å²) in [5, 5.41) is 19.2. The minimum atomic E-state index is -0.379. The predicted octanol–water partition coefficient (Wildman–Crippen LogP) is 3.20. The Balaban J connectivity index is 2.07. The lowest BCUT2D eigenvalue weighted by atomic mass is 10.1. The van der Waals surface area contributed by atoms with E-state index in [1.807, 2.05) is 31.2 Å². The highest BCUT2D eigenvalue weighted by Gasteiger charge is 2.25. The Morgan fingerprint density at radius 2 is 2.05 bits per heavy atom. The van der Waals surface area contributed by atoms with Crippen molar-refractivity contribution in [3.63, 3.8) is 0 Å². The van der Waals surface area contributed by atoms with Crippen molar-refractivity contribution >= 4 is 23.1 Å². The number of anilines is 1. The molecule has 0 unspecified atom stereocenters. The highest BCUT2D eigenvalue weighted by atomic mass is 35.5. The lowest BCUT2D eigenvalue weighted by Crippen LogP contribution is -2.10. The smallest absolute Gasteiger partial charge is 0.333 e. The molecule has 21 heavy (non-hydrogen) atoms. The second kappa shape index (κ2) is 6.58. The van der Waals surface area contributed by atoms with E-state index in [1.165, 1.54) is 4.68 Å². The molecule has 112 valence electrons. The fourth-order valence-corrected chi connectivity index (χ4v) is 2.30. The molecule has 0 aliphatic carbocycles. The molecule has 0 saturated heterocycles. The van der Waals surface area contributed by atoms with Crippen molar-refractivity contribution in [3.05, 3.63) is 50.7 Å². The number of nitrogens with one attached hydrogen (secondary N) is 1. The van der Waals surface area contributed by atoms with Gasteiger partial charge in [0.2, 0.25) is 5.82 Å². The molecule has 0 bridgehead atoms. The van der Waals surface area contributed by atoms with Crippen molar-refractivity contribution < 1.29 is 4.92 Å². The van der Waals surface area contributed by atoms with Crippen molar-refractivity contribution in [3.8, 4) is 0 Å². The molecule has 0 spiro atoms. The summed E-state index contributed by atoms with van der Waals surface area (Å²) in [6.07, 6.45) is 1.28. The standard InChI is InChI=1S/C14H17ClN4O2/c1-3-12-13(19(20)21)14(18(2)17-12)16-9-8-10-4-6-11(15)7-5-10/h4-7,16H,3,8-9H2,1-2H3. The van der Waals surface area contributed by atoms with Crippen LogP contribution in [0.3, 0.4) is 0 Å². The zero-order chi connectivity index (χ0) is 15.4. The second-order valence-corrected chi connectivity index (χ2v) is 5.12. The van der Waals surface area contributed by atoms with Crippen LogP contribution in [-0.2, 0) is 19.9 Å². The summed E-state index contributed by atoms with van der Waals surface area (Å²) in [5.74, 6) is 0.450. The highest BCUT2D eigenvalue weighted by molar-refractivity contribution is 6.30. The van der Waals surface area contributed by atoms with Crippen LogP contribution in [-0.4, -0.2) is 21.2 Å². The third-order valence-corrected chi connectivity index (χ3v) is 3.48. The van der Waals surface area contributed by atoms with Gasteiger partial charge in [-0.15, -0.1) is 0 Å². The minimum Gasteiger partial charge on any atom is -0.364 e. The fraction of sp³-hybridized carbons (Fsp3) is 0.357. The van der Waals surface area contributed by atoms with Crippen LogP contribution in [0.2, 0.25) is 5.02 Å². The number of nitro groups is 1. The summed E-state index contributed by atoms with van der Waals surface area (Å²) < 4.78 is 1.53. The Labute approximate surface area is 127 Å². The van der Waals surface area contributed by atoms with E-state index in [0.29, 0.717) is 29.5 Å². The van der Waals surface area contributed by atoms with Gasteiger partial charge >= 0.3 is 5.69 Å². The van der Waals surface area contributed by atoms with Gasteiger partial charge in [-0.1, -0.05) is 30.7 Å². The summed E-state index contributed by atoms with van der Waals surface area (Å²) in [7, 11) is 1.71. The zero-order valence-electron chi connectivity index (χ0n) is 12.0. The molecule has 0 amide bonds. The van der Waals surface area contributed by atoms with Gasteiger partial charge in [0.1, 0.15) is 5.69 Å². The van der Waals surface area contributed by atoms with Crippen LogP contribution in [0.25, 0.3) is 0 Å². The van der Waals surface area contributed by atoms with E-state index in [1.54, 1.807) is 7.05 Å². The molecule has 2 rings (SSSR count). The van der Waals surface area contributed by atoms with Crippen LogP contribution in [0.4, 0.5) is 11.5 Å². The van der Waals surface area contributed by atoms with Gasteiger partial charge in [-0.2, -0.15) is 5.10 Å². The molecule has 0 atom stereocenters. The summed E-state index contributed by atoms with van der Waals surface area (Å²) in [4.78, 5) is 10.8. The molecule has 6 nitrogen and oxygen atoms in total. The van der Waals surface area contributed by atoms with Gasteiger partial charge in [-0.25, -0.2) is 4.68 Å². The van der Waals surface area contributed by atoms with Crippen LogP contribution in [0.1, 0.15) is 18.2 Å². The van der Waals surface area contributed by atoms with Gasteiger partial charge < -0.3 is 5.32 Å². The third kappa shape index (κ3) is 3.52. The van der Waals surface area contributed by atoms with Crippen molar-refractivity contribution in [2.24, 2.45) is 7.05 Å². The molecule has 0 radical (unpaired) electrons. The molecule has 0 aliphatic heterocycles. The number of hydrogen-bond acceptors (Lipinski definition) is 4. The molecular formula is C14H17ClN4O2. The van der Waals surface area contributed by atoms with E-state index in [0.717, 1.165) is 12.0 Å². The second-order valence-electron chi connectivity index (χ2n) is 4.68. The molecule has 0 saturated carbocycles. The largest absolute Gasteiger partial charge is 0.364 e. The molecule has 0 aliphatic rings. The maximum atomic E-state index is 11.2. The summed E-state index contributed by atoms with van der Waals surface area (Å²) in [6, 6.07) is 7.55. The molecular weight excluding hydrogens is 292 g/mol. The van der Waals surface area contributed by atoms with E-state index in [9.17, 15) is 10.1 Å². The summed E-state index contributed by atoms with van der Waals surface area (Å²) >= 11 is 5.83. The Morgan fingerprint density at radius 1 is 1.38 bits per heavy atom. The molecule has 2 aromatic rings. The highest BCUT2D eigenvalue weighted by Crippen LogP contribution is 2.28. The van der Waals surface area contributed by atoms with Crippen molar-refractivity contribution in [1.29, 1.82) is 0 Å². The van der Waals surface area contributed by atoms with Crippen molar-refractivity contribution in [1.82, 2.24) is 9.78 Å². The molecule has 1 aromatic carbocycles. The maximum absolute atomic E-state index is 11.2. The van der Waals surface area contributed by atoms with Gasteiger partial charge in [0.25, 0.3) is 0 Å². The quantitative estimate of drug-likeness (QED) is 0.657. The van der Waals surface area contributed by atoms with Gasteiger partial charge in [-0.05, 0) is 30.5 Å². The number of aryl methyl sites for hydroxylation is 2. The predicted molar refractivity (Wildman–Crippen MR) is 82.9 cm³/mol. The maximum Gasteiger partial charge on any atom is 0.333 e. The third-order valence-electron chi connectivity index (χ3n) is 3.23. The van der Waals surface area contributed by atoms with Gasteiger partial charge in [-0.3, -0.25) is 10.1 Å². The first kappa shape index (κ1) is 15.3. The van der Waals surface area contributed by atoms with E-state index >= 15 is 0 Å². The van der Waals surface area contributed by atoms with Gasteiger partial charge in [0, 0.05) is 18.6 Å². The SMILES string of the molecule is CCc1nn(C)c(NCCc2ccc(Cl)cc2)c1[N+](=O)[O-]. The summed E-state index contributed by atoms with van der Waals surface area (Å²) in [6.45, 7) is 2.44. The number of hydrogen-bond donors (Lipinski definition) is 1. The van der Waals surface area contributed by atoms with E-state index < -0.39 is 0 Å². The van der Waals surface area contributed by atoms with Crippen molar-refractivity contribution in [2.75, 3.05) is 11.9 Å². The van der Waals surface area contributed by atoms with Crippen LogP contribution < -0.4 is 5.32 Å². The number of rotatable bonds is 6. The topological polar surface area (TPSA) is 73.0 Å². The first-order chi connectivity index (χ1) is 10.0. The minimum absolute atomic E-state index is 0.0658. The van der Waals surface area contributed by atoms with Crippen LogP contribution in [0.15, 0.2) is 24.3 Å². The Bertz CT molecular complexity index is 637. The fourth-order valence-electron chi connectivity index (χ4n) is 2.17. The normalized spacial score (nSPS) is 10.6. The van der Waals surface area contributed by atoms with Crippen LogP contribution in [0.5, 0.6) is 0 Å². The number of aromatic nitrogens is 2. The first-order valence-corrected chi connectivity index (χ1v) is 7.09. The Kier molecular flexibility index (Phi) is 4.80. The van der Waals surface area contributed by atoms with Crippen molar-refractivity contribution in [2.45, 2.75) is 19.8 Å².